The molecule has 0 atom stereocenters. The van der Waals surface area contributed by atoms with Gasteiger partial charge in [0.1, 0.15) is 17.5 Å². The maximum atomic E-state index is 14.5. The number of nitrogens with zero attached hydrogens (tertiary/aromatic N) is 5. The average Bonchev–Trinajstić information content (AvgIpc) is 3.34. The molecule has 0 aliphatic carbocycles. The molecule has 5 rings (SSSR count). The molecule has 1 aromatic carbocycles. The number of hydrogen-bond donors (Lipinski definition) is 1. The van der Waals surface area contributed by atoms with Crippen LogP contribution in [-0.2, 0) is 11.3 Å². The van der Waals surface area contributed by atoms with E-state index in [4.69, 9.17) is 4.74 Å². The molecule has 0 bridgehead atoms. The van der Waals surface area contributed by atoms with Crippen LogP contribution in [0.1, 0.15) is 42.3 Å². The SMILES string of the molecule is Cc1nc(NCc2cccc(C(F)F)c2F)c2cc(-c3cnn(C4CCOCC4)c3)cnc2n1. The molecule has 1 aliphatic rings. The van der Waals surface area contributed by atoms with E-state index in [9.17, 15) is 13.2 Å². The maximum Gasteiger partial charge on any atom is 0.266 e. The second-order valence-electron chi connectivity index (χ2n) is 8.24. The van der Waals surface area contributed by atoms with Crippen LogP contribution >= 0.6 is 0 Å². The normalized spacial score (nSPS) is 14.7. The van der Waals surface area contributed by atoms with Crippen LogP contribution in [0.15, 0.2) is 42.9 Å². The van der Waals surface area contributed by atoms with Crippen molar-refractivity contribution in [3.8, 4) is 11.1 Å². The van der Waals surface area contributed by atoms with E-state index in [2.05, 4.69) is 25.4 Å². The molecular weight excluding hydrogens is 445 g/mol. The molecule has 1 saturated heterocycles. The van der Waals surface area contributed by atoms with E-state index >= 15 is 0 Å². The molecule has 1 aliphatic heterocycles. The first kappa shape index (κ1) is 22.3. The minimum atomic E-state index is -2.88. The van der Waals surface area contributed by atoms with Gasteiger partial charge in [-0.2, -0.15) is 5.10 Å². The maximum absolute atomic E-state index is 14.5. The molecular formula is C24H23F3N6O. The second-order valence-corrected chi connectivity index (χ2v) is 8.24. The largest absolute Gasteiger partial charge is 0.381 e. The standard InChI is InChI=1S/C24H23F3N6O/c1-14-31-23(28-10-15-3-2-4-19(21(15)25)22(26)27)20-9-16(11-29-24(20)32-14)17-12-30-33(13-17)18-5-7-34-8-6-18/h2-4,9,11-13,18,22H,5-8,10H2,1H3,(H,28,29,31,32). The Hall–Kier alpha value is -3.53. The number of anilines is 1. The van der Waals surface area contributed by atoms with Gasteiger partial charge in [0, 0.05) is 48.8 Å². The van der Waals surface area contributed by atoms with Crippen LogP contribution in [0, 0.1) is 12.7 Å². The van der Waals surface area contributed by atoms with Gasteiger partial charge in [0.25, 0.3) is 6.43 Å². The molecule has 7 nitrogen and oxygen atoms in total. The molecule has 4 heterocycles. The van der Waals surface area contributed by atoms with E-state index in [1.807, 2.05) is 16.9 Å². The van der Waals surface area contributed by atoms with Crippen molar-refractivity contribution in [1.29, 1.82) is 0 Å². The summed E-state index contributed by atoms with van der Waals surface area (Å²) in [5, 5.41) is 8.25. The van der Waals surface area contributed by atoms with Crippen LogP contribution in [0.4, 0.5) is 19.0 Å². The summed E-state index contributed by atoms with van der Waals surface area (Å²) in [4.78, 5) is 13.3. The predicted octanol–water partition coefficient (Wildman–Crippen LogP) is 5.24. The quantitative estimate of drug-likeness (QED) is 0.417. The minimum absolute atomic E-state index is 0.0101. The third-order valence-corrected chi connectivity index (χ3v) is 5.95. The van der Waals surface area contributed by atoms with Crippen LogP contribution < -0.4 is 5.32 Å². The lowest BCUT2D eigenvalue weighted by Gasteiger charge is -2.22. The highest BCUT2D eigenvalue weighted by atomic mass is 19.3. The Bertz CT molecular complexity index is 1320. The van der Waals surface area contributed by atoms with Crippen molar-refractivity contribution < 1.29 is 17.9 Å². The molecule has 10 heteroatoms. The summed E-state index contributed by atoms with van der Waals surface area (Å²) in [5.41, 5.74) is 1.74. The molecule has 4 aromatic rings. The van der Waals surface area contributed by atoms with Gasteiger partial charge in [-0.3, -0.25) is 4.68 Å². The zero-order chi connectivity index (χ0) is 23.7. The number of alkyl halides is 2. The monoisotopic (exact) mass is 468 g/mol. The van der Waals surface area contributed by atoms with Crippen molar-refractivity contribution in [2.45, 2.75) is 38.8 Å². The van der Waals surface area contributed by atoms with Gasteiger partial charge in [-0.15, -0.1) is 0 Å². The number of fused-ring (bicyclic) bond motifs is 1. The number of ether oxygens (including phenoxy) is 1. The number of aromatic nitrogens is 5. The molecule has 0 radical (unpaired) electrons. The topological polar surface area (TPSA) is 77.8 Å². The van der Waals surface area contributed by atoms with Crippen LogP contribution in [0.25, 0.3) is 22.2 Å². The molecule has 34 heavy (non-hydrogen) atoms. The van der Waals surface area contributed by atoms with Gasteiger partial charge in [0.15, 0.2) is 5.65 Å². The number of aryl methyl sites for hydroxylation is 1. The van der Waals surface area contributed by atoms with Gasteiger partial charge in [-0.05, 0) is 25.8 Å². The summed E-state index contributed by atoms with van der Waals surface area (Å²) in [7, 11) is 0. The van der Waals surface area contributed by atoms with E-state index in [0.29, 0.717) is 28.7 Å². The number of nitrogens with one attached hydrogen (secondary N) is 1. The first-order chi connectivity index (χ1) is 16.5. The lowest BCUT2D eigenvalue weighted by Crippen LogP contribution is -2.19. The summed E-state index contributed by atoms with van der Waals surface area (Å²) in [6.07, 6.45) is 4.48. The fourth-order valence-electron chi connectivity index (χ4n) is 4.13. The molecule has 0 spiro atoms. The number of rotatable bonds is 6. The Morgan fingerprint density at radius 1 is 1.15 bits per heavy atom. The van der Waals surface area contributed by atoms with Gasteiger partial charge >= 0.3 is 0 Å². The van der Waals surface area contributed by atoms with Crippen molar-refractivity contribution >= 4 is 16.9 Å². The van der Waals surface area contributed by atoms with E-state index in [1.165, 1.54) is 12.1 Å². The van der Waals surface area contributed by atoms with Crippen LogP contribution in [0.5, 0.6) is 0 Å². The van der Waals surface area contributed by atoms with Crippen molar-refractivity contribution in [3.63, 3.8) is 0 Å². The van der Waals surface area contributed by atoms with Crippen molar-refractivity contribution in [3.05, 3.63) is 65.6 Å². The second kappa shape index (κ2) is 9.38. The van der Waals surface area contributed by atoms with Gasteiger partial charge in [-0.25, -0.2) is 28.1 Å². The highest BCUT2D eigenvalue weighted by Crippen LogP contribution is 2.29. The third-order valence-electron chi connectivity index (χ3n) is 5.95. The zero-order valence-corrected chi connectivity index (χ0v) is 18.5. The Labute approximate surface area is 194 Å². The van der Waals surface area contributed by atoms with Crippen LogP contribution in [0.3, 0.4) is 0 Å². The highest BCUT2D eigenvalue weighted by Gasteiger charge is 2.18. The summed E-state index contributed by atoms with van der Waals surface area (Å²) in [6.45, 7) is 3.17. The summed E-state index contributed by atoms with van der Waals surface area (Å²) < 4.78 is 48.0. The van der Waals surface area contributed by atoms with E-state index in [1.54, 1.807) is 19.3 Å². The van der Waals surface area contributed by atoms with Gasteiger partial charge in [-0.1, -0.05) is 18.2 Å². The molecule has 1 fully saturated rings. The van der Waals surface area contributed by atoms with E-state index in [0.717, 1.165) is 43.2 Å². The molecule has 176 valence electrons. The van der Waals surface area contributed by atoms with Crippen LogP contribution in [-0.4, -0.2) is 37.9 Å². The first-order valence-electron chi connectivity index (χ1n) is 11.1. The Morgan fingerprint density at radius 2 is 1.97 bits per heavy atom. The number of benzene rings is 1. The number of halogens is 3. The smallest absolute Gasteiger partial charge is 0.266 e. The summed E-state index contributed by atoms with van der Waals surface area (Å²) >= 11 is 0. The predicted molar refractivity (Wildman–Crippen MR) is 121 cm³/mol. The Balaban J connectivity index is 1.44. The van der Waals surface area contributed by atoms with Crippen LogP contribution in [0.2, 0.25) is 0 Å². The lowest BCUT2D eigenvalue weighted by atomic mass is 10.1. The zero-order valence-electron chi connectivity index (χ0n) is 18.5. The molecule has 0 unspecified atom stereocenters. The third kappa shape index (κ3) is 4.45. The fraction of sp³-hybridized carbons (Fsp3) is 0.333. The Morgan fingerprint density at radius 3 is 2.76 bits per heavy atom. The van der Waals surface area contributed by atoms with Gasteiger partial charge in [0.2, 0.25) is 0 Å². The van der Waals surface area contributed by atoms with Gasteiger partial charge in [0.05, 0.1) is 23.2 Å². The Kier molecular flexibility index (Phi) is 6.14. The minimum Gasteiger partial charge on any atom is -0.381 e. The van der Waals surface area contributed by atoms with Gasteiger partial charge < -0.3 is 10.1 Å². The average molecular weight is 468 g/mol. The first-order valence-corrected chi connectivity index (χ1v) is 11.1. The summed E-state index contributed by atoms with van der Waals surface area (Å²) in [5.74, 6) is 0.0272. The van der Waals surface area contributed by atoms with Crippen molar-refractivity contribution in [2.24, 2.45) is 0 Å². The molecule has 0 amide bonds. The fourth-order valence-corrected chi connectivity index (χ4v) is 4.13. The summed E-state index contributed by atoms with van der Waals surface area (Å²) in [6, 6.07) is 6.18. The number of pyridine rings is 1. The van der Waals surface area contributed by atoms with Crippen molar-refractivity contribution in [2.75, 3.05) is 18.5 Å². The molecule has 1 N–H and O–H groups in total. The lowest BCUT2D eigenvalue weighted by molar-refractivity contribution is 0.0662. The number of hydrogen-bond acceptors (Lipinski definition) is 6. The molecule has 3 aromatic heterocycles. The highest BCUT2D eigenvalue weighted by molar-refractivity contribution is 5.89. The molecule has 0 saturated carbocycles. The van der Waals surface area contributed by atoms with E-state index in [-0.39, 0.29) is 12.1 Å². The van der Waals surface area contributed by atoms with E-state index < -0.39 is 17.8 Å². The van der Waals surface area contributed by atoms with Crippen molar-refractivity contribution in [1.82, 2.24) is 24.7 Å².